The standard InChI is InChI=1S/C6H5N3.BrH/c1-3-7-5-2-4-8-9-6(1)5;/h1-4,7H;1H. The number of aromatic nitrogens is 3. The second kappa shape index (κ2) is 2.79. The Kier molecular flexibility index (Phi) is 2.01. The molecule has 1 N–H and O–H groups in total. The maximum absolute atomic E-state index is 3.86. The van der Waals surface area contributed by atoms with Gasteiger partial charge in [0.15, 0.2) is 0 Å². The van der Waals surface area contributed by atoms with E-state index >= 15 is 0 Å². The summed E-state index contributed by atoms with van der Waals surface area (Å²) in [6.07, 6.45) is 3.51. The van der Waals surface area contributed by atoms with Crippen molar-refractivity contribution in [2.75, 3.05) is 0 Å². The lowest BCUT2D eigenvalue weighted by Gasteiger charge is -1.81. The molecular weight excluding hydrogens is 194 g/mol. The predicted molar refractivity (Wildman–Crippen MR) is 44.2 cm³/mol. The summed E-state index contributed by atoms with van der Waals surface area (Å²) in [4.78, 5) is 3.02. The summed E-state index contributed by atoms with van der Waals surface area (Å²) in [7, 11) is 0. The molecule has 0 aliphatic heterocycles. The smallest absolute Gasteiger partial charge is 0.111 e. The van der Waals surface area contributed by atoms with Crippen molar-refractivity contribution in [1.29, 1.82) is 0 Å². The Morgan fingerprint density at radius 1 is 1.30 bits per heavy atom. The van der Waals surface area contributed by atoms with Gasteiger partial charge in [0.05, 0.1) is 11.7 Å². The van der Waals surface area contributed by atoms with E-state index in [9.17, 15) is 0 Å². The molecule has 0 saturated heterocycles. The predicted octanol–water partition coefficient (Wildman–Crippen LogP) is 1.54. The van der Waals surface area contributed by atoms with E-state index in [2.05, 4.69) is 15.2 Å². The van der Waals surface area contributed by atoms with Crippen LogP contribution < -0.4 is 0 Å². The van der Waals surface area contributed by atoms with E-state index in [1.807, 2.05) is 18.3 Å². The van der Waals surface area contributed by atoms with Gasteiger partial charge in [0.2, 0.25) is 0 Å². The molecule has 0 aromatic carbocycles. The molecule has 0 aliphatic carbocycles. The Bertz CT molecular complexity index is 287. The van der Waals surface area contributed by atoms with Crippen LogP contribution in [0.15, 0.2) is 24.5 Å². The first-order valence-electron chi connectivity index (χ1n) is 2.71. The monoisotopic (exact) mass is 199 g/mol. The summed E-state index contributed by atoms with van der Waals surface area (Å²) in [5.74, 6) is 0. The van der Waals surface area contributed by atoms with Crippen LogP contribution in [0.25, 0.3) is 11.0 Å². The molecule has 2 aromatic heterocycles. The van der Waals surface area contributed by atoms with Crippen LogP contribution in [0.5, 0.6) is 0 Å². The number of nitrogens with zero attached hydrogens (tertiary/aromatic N) is 2. The zero-order valence-corrected chi connectivity index (χ0v) is 6.83. The maximum Gasteiger partial charge on any atom is 0.111 e. The minimum atomic E-state index is 0. The molecule has 3 nitrogen and oxygen atoms in total. The van der Waals surface area contributed by atoms with E-state index in [1.165, 1.54) is 0 Å². The largest absolute Gasteiger partial charge is 0.360 e. The summed E-state index contributed by atoms with van der Waals surface area (Å²) in [6.45, 7) is 0. The number of nitrogens with one attached hydrogen (secondary N) is 1. The number of rotatable bonds is 0. The minimum absolute atomic E-state index is 0. The van der Waals surface area contributed by atoms with Gasteiger partial charge in [-0.25, -0.2) is 0 Å². The Balaban J connectivity index is 0.000000500. The van der Waals surface area contributed by atoms with Crippen LogP contribution in [0.1, 0.15) is 0 Å². The molecule has 0 radical (unpaired) electrons. The number of hydrogen-bond donors (Lipinski definition) is 1. The summed E-state index contributed by atoms with van der Waals surface area (Å²) in [5.41, 5.74) is 1.95. The highest BCUT2D eigenvalue weighted by Gasteiger charge is 1.89. The molecule has 0 aliphatic rings. The van der Waals surface area contributed by atoms with Crippen LogP contribution >= 0.6 is 17.0 Å². The lowest BCUT2D eigenvalue weighted by molar-refractivity contribution is 1.08. The maximum atomic E-state index is 3.86. The van der Waals surface area contributed by atoms with Crippen LogP contribution in [-0.4, -0.2) is 15.2 Å². The molecule has 0 unspecified atom stereocenters. The summed E-state index contributed by atoms with van der Waals surface area (Å²) in [5, 5.41) is 7.58. The van der Waals surface area contributed by atoms with Crippen molar-refractivity contribution >= 4 is 28.0 Å². The fraction of sp³-hybridized carbons (Fsp3) is 0. The van der Waals surface area contributed by atoms with E-state index in [-0.39, 0.29) is 17.0 Å². The van der Waals surface area contributed by atoms with E-state index in [4.69, 9.17) is 0 Å². The van der Waals surface area contributed by atoms with Crippen molar-refractivity contribution < 1.29 is 0 Å². The fourth-order valence-corrected chi connectivity index (χ4v) is 0.798. The highest BCUT2D eigenvalue weighted by Crippen LogP contribution is 2.03. The van der Waals surface area contributed by atoms with Gasteiger partial charge in [-0.05, 0) is 12.1 Å². The third-order valence-electron chi connectivity index (χ3n) is 1.23. The van der Waals surface area contributed by atoms with E-state index < -0.39 is 0 Å². The second-order valence-corrected chi connectivity index (χ2v) is 1.81. The van der Waals surface area contributed by atoms with Crippen molar-refractivity contribution in [2.24, 2.45) is 0 Å². The number of aromatic amines is 1. The molecular formula is C6H6BrN3. The first-order chi connectivity index (χ1) is 4.47. The molecule has 4 heteroatoms. The van der Waals surface area contributed by atoms with E-state index in [0.717, 1.165) is 11.0 Å². The van der Waals surface area contributed by atoms with Crippen LogP contribution in [0, 0.1) is 0 Å². The summed E-state index contributed by atoms with van der Waals surface area (Å²) >= 11 is 0. The molecule has 2 heterocycles. The van der Waals surface area contributed by atoms with Gasteiger partial charge in [0.25, 0.3) is 0 Å². The first kappa shape index (κ1) is 7.21. The third-order valence-corrected chi connectivity index (χ3v) is 1.23. The van der Waals surface area contributed by atoms with Crippen LogP contribution in [0.4, 0.5) is 0 Å². The Labute approximate surface area is 68.2 Å². The van der Waals surface area contributed by atoms with Crippen LogP contribution in [0.2, 0.25) is 0 Å². The number of hydrogen-bond acceptors (Lipinski definition) is 2. The van der Waals surface area contributed by atoms with E-state index in [0.29, 0.717) is 0 Å². The normalized spacial score (nSPS) is 9.20. The average molecular weight is 200 g/mol. The summed E-state index contributed by atoms with van der Waals surface area (Å²) in [6, 6.07) is 3.78. The van der Waals surface area contributed by atoms with Crippen molar-refractivity contribution in [3.8, 4) is 0 Å². The highest BCUT2D eigenvalue weighted by molar-refractivity contribution is 8.93. The molecule has 52 valence electrons. The lowest BCUT2D eigenvalue weighted by Crippen LogP contribution is -1.76. The number of fused-ring (bicyclic) bond motifs is 1. The highest BCUT2D eigenvalue weighted by atomic mass is 79.9. The van der Waals surface area contributed by atoms with Crippen LogP contribution in [-0.2, 0) is 0 Å². The van der Waals surface area contributed by atoms with Crippen LogP contribution in [0.3, 0.4) is 0 Å². The van der Waals surface area contributed by atoms with E-state index in [1.54, 1.807) is 6.20 Å². The molecule has 0 fully saturated rings. The second-order valence-electron chi connectivity index (χ2n) is 1.81. The SMILES string of the molecule is Br.c1cc2[nH]ccc2nn1. The third kappa shape index (κ3) is 1.02. The van der Waals surface area contributed by atoms with Gasteiger partial charge in [-0.15, -0.1) is 22.1 Å². The van der Waals surface area contributed by atoms with Gasteiger partial charge in [0.1, 0.15) is 5.52 Å². The molecule has 0 bridgehead atoms. The van der Waals surface area contributed by atoms with Crippen molar-refractivity contribution in [1.82, 2.24) is 15.2 Å². The molecule has 2 aromatic rings. The lowest BCUT2D eigenvalue weighted by atomic mass is 10.4. The quantitative estimate of drug-likeness (QED) is 0.700. The van der Waals surface area contributed by atoms with Gasteiger partial charge in [0, 0.05) is 6.20 Å². The van der Waals surface area contributed by atoms with Gasteiger partial charge in [-0.1, -0.05) is 0 Å². The number of halogens is 1. The fourth-order valence-electron chi connectivity index (χ4n) is 0.798. The van der Waals surface area contributed by atoms with Gasteiger partial charge in [-0.3, -0.25) is 0 Å². The molecule has 0 spiro atoms. The zero-order chi connectivity index (χ0) is 6.10. The first-order valence-corrected chi connectivity index (χ1v) is 2.71. The Morgan fingerprint density at radius 2 is 2.20 bits per heavy atom. The van der Waals surface area contributed by atoms with Gasteiger partial charge >= 0.3 is 0 Å². The average Bonchev–Trinajstić information content (AvgIpc) is 2.33. The Hall–Kier alpha value is -0.900. The summed E-state index contributed by atoms with van der Waals surface area (Å²) < 4.78 is 0. The molecule has 2 rings (SSSR count). The van der Waals surface area contributed by atoms with Gasteiger partial charge < -0.3 is 4.98 Å². The molecule has 0 amide bonds. The Morgan fingerprint density at radius 3 is 3.00 bits per heavy atom. The van der Waals surface area contributed by atoms with Gasteiger partial charge in [-0.2, -0.15) is 5.10 Å². The molecule has 0 saturated carbocycles. The molecule has 0 atom stereocenters. The van der Waals surface area contributed by atoms with Crippen molar-refractivity contribution in [2.45, 2.75) is 0 Å². The van der Waals surface area contributed by atoms with Crippen molar-refractivity contribution in [3.05, 3.63) is 24.5 Å². The van der Waals surface area contributed by atoms with Crippen molar-refractivity contribution in [3.63, 3.8) is 0 Å². The zero-order valence-electron chi connectivity index (χ0n) is 5.11. The number of H-pyrrole nitrogens is 1. The molecule has 10 heavy (non-hydrogen) atoms. The minimum Gasteiger partial charge on any atom is -0.360 e. The topological polar surface area (TPSA) is 41.6 Å².